The molecule has 1 aromatic carbocycles. The van der Waals surface area contributed by atoms with E-state index in [4.69, 9.17) is 5.11 Å². The molecule has 122 valence electrons. The van der Waals surface area contributed by atoms with Gasteiger partial charge in [-0.3, -0.25) is 4.79 Å². The summed E-state index contributed by atoms with van der Waals surface area (Å²) in [6, 6.07) is 6.87. The summed E-state index contributed by atoms with van der Waals surface area (Å²) >= 11 is 0. The summed E-state index contributed by atoms with van der Waals surface area (Å²) < 4.78 is 0. The molecule has 22 heavy (non-hydrogen) atoms. The number of benzene rings is 1. The highest BCUT2D eigenvalue weighted by atomic mass is 16.4. The van der Waals surface area contributed by atoms with Crippen LogP contribution in [0.15, 0.2) is 24.3 Å². The first-order valence-electron chi connectivity index (χ1n) is 7.67. The molecular formula is C18H27NO3. The van der Waals surface area contributed by atoms with Crippen molar-refractivity contribution < 1.29 is 14.7 Å². The molecule has 1 aromatic rings. The number of carboxylic acids is 1. The lowest BCUT2D eigenvalue weighted by Crippen LogP contribution is -2.46. The molecule has 1 atom stereocenters. The molecular weight excluding hydrogens is 278 g/mol. The van der Waals surface area contributed by atoms with E-state index in [1.807, 2.05) is 38.7 Å². The van der Waals surface area contributed by atoms with E-state index >= 15 is 0 Å². The summed E-state index contributed by atoms with van der Waals surface area (Å²) in [5.74, 6) is -0.546. The van der Waals surface area contributed by atoms with Crippen molar-refractivity contribution in [3.63, 3.8) is 0 Å². The van der Waals surface area contributed by atoms with Crippen molar-refractivity contribution in [3.8, 4) is 0 Å². The van der Waals surface area contributed by atoms with Gasteiger partial charge in [-0.25, -0.2) is 4.79 Å². The Bertz CT molecular complexity index is 544. The zero-order valence-corrected chi connectivity index (χ0v) is 14.4. The summed E-state index contributed by atoms with van der Waals surface area (Å²) in [5.41, 5.74) is 0.621. The van der Waals surface area contributed by atoms with E-state index in [0.29, 0.717) is 12.5 Å². The SMILES string of the molecule is CC(C)C(C)N(Cc1cccc(C(=O)O)c1)C(=O)C(C)(C)C. The van der Waals surface area contributed by atoms with Crippen LogP contribution in [-0.4, -0.2) is 27.9 Å². The van der Waals surface area contributed by atoms with E-state index in [9.17, 15) is 9.59 Å². The van der Waals surface area contributed by atoms with Gasteiger partial charge in [0.05, 0.1) is 5.56 Å². The number of carbonyl (C=O) groups excluding carboxylic acids is 1. The Balaban J connectivity index is 3.11. The van der Waals surface area contributed by atoms with Crippen LogP contribution in [0.2, 0.25) is 0 Å². The van der Waals surface area contributed by atoms with E-state index < -0.39 is 11.4 Å². The Hall–Kier alpha value is -1.84. The smallest absolute Gasteiger partial charge is 0.335 e. The minimum absolute atomic E-state index is 0.0782. The van der Waals surface area contributed by atoms with Crippen LogP contribution in [0.1, 0.15) is 57.5 Å². The van der Waals surface area contributed by atoms with E-state index in [-0.39, 0.29) is 17.5 Å². The molecule has 4 nitrogen and oxygen atoms in total. The third-order valence-electron chi connectivity index (χ3n) is 3.89. The number of carbonyl (C=O) groups is 2. The molecule has 0 spiro atoms. The molecule has 0 aliphatic rings. The molecule has 0 saturated heterocycles. The molecule has 1 N–H and O–H groups in total. The molecule has 0 heterocycles. The standard InChI is InChI=1S/C18H27NO3/c1-12(2)13(3)19(17(22)18(4,5)6)11-14-8-7-9-15(10-14)16(20)21/h7-10,12-13H,11H2,1-6H3,(H,20,21). The maximum Gasteiger partial charge on any atom is 0.335 e. The summed E-state index contributed by atoms with van der Waals surface area (Å²) in [5, 5.41) is 9.10. The normalized spacial score (nSPS) is 13.0. The van der Waals surface area contributed by atoms with E-state index in [0.717, 1.165) is 5.56 Å². The van der Waals surface area contributed by atoms with Gasteiger partial charge in [0.2, 0.25) is 5.91 Å². The number of hydrogen-bond acceptors (Lipinski definition) is 2. The van der Waals surface area contributed by atoms with Crippen molar-refractivity contribution in [1.82, 2.24) is 4.90 Å². The van der Waals surface area contributed by atoms with Crippen molar-refractivity contribution in [3.05, 3.63) is 35.4 Å². The molecule has 0 saturated carbocycles. The van der Waals surface area contributed by atoms with Gasteiger partial charge in [-0.1, -0.05) is 46.8 Å². The van der Waals surface area contributed by atoms with Crippen molar-refractivity contribution >= 4 is 11.9 Å². The van der Waals surface area contributed by atoms with Crippen molar-refractivity contribution in [2.45, 2.75) is 54.1 Å². The van der Waals surface area contributed by atoms with Crippen molar-refractivity contribution in [2.75, 3.05) is 0 Å². The highest BCUT2D eigenvalue weighted by Gasteiger charge is 2.31. The average Bonchev–Trinajstić information content (AvgIpc) is 2.42. The lowest BCUT2D eigenvalue weighted by molar-refractivity contribution is -0.143. The van der Waals surface area contributed by atoms with Gasteiger partial charge in [-0.05, 0) is 30.5 Å². The van der Waals surface area contributed by atoms with Gasteiger partial charge in [0.1, 0.15) is 0 Å². The molecule has 0 radical (unpaired) electrons. The first kappa shape index (κ1) is 18.2. The molecule has 0 fully saturated rings. The van der Waals surface area contributed by atoms with Crippen LogP contribution in [0, 0.1) is 11.3 Å². The predicted molar refractivity (Wildman–Crippen MR) is 87.7 cm³/mol. The lowest BCUT2D eigenvalue weighted by Gasteiger charge is -2.36. The summed E-state index contributed by atoms with van der Waals surface area (Å²) in [7, 11) is 0. The zero-order chi connectivity index (χ0) is 17.1. The number of nitrogens with zero attached hydrogens (tertiary/aromatic N) is 1. The number of amides is 1. The Labute approximate surface area is 133 Å². The van der Waals surface area contributed by atoms with E-state index in [1.165, 1.54) is 0 Å². The van der Waals surface area contributed by atoms with Gasteiger partial charge in [-0.15, -0.1) is 0 Å². The largest absolute Gasteiger partial charge is 0.478 e. The average molecular weight is 305 g/mol. The Morgan fingerprint density at radius 3 is 2.23 bits per heavy atom. The molecule has 4 heteroatoms. The maximum absolute atomic E-state index is 12.7. The lowest BCUT2D eigenvalue weighted by atomic mass is 9.92. The maximum atomic E-state index is 12.7. The highest BCUT2D eigenvalue weighted by molar-refractivity contribution is 5.87. The Morgan fingerprint density at radius 1 is 1.18 bits per heavy atom. The molecule has 0 bridgehead atoms. The van der Waals surface area contributed by atoms with Gasteiger partial charge in [0.25, 0.3) is 0 Å². The third-order valence-corrected chi connectivity index (χ3v) is 3.89. The summed E-state index contributed by atoms with van der Waals surface area (Å²) in [4.78, 5) is 25.7. The molecule has 1 amide bonds. The minimum Gasteiger partial charge on any atom is -0.478 e. The summed E-state index contributed by atoms with van der Waals surface area (Å²) in [6.07, 6.45) is 0. The van der Waals surface area contributed by atoms with Crippen molar-refractivity contribution in [2.24, 2.45) is 11.3 Å². The van der Waals surface area contributed by atoms with Gasteiger partial charge in [-0.2, -0.15) is 0 Å². The van der Waals surface area contributed by atoms with Crippen LogP contribution in [0.3, 0.4) is 0 Å². The fraction of sp³-hybridized carbons (Fsp3) is 0.556. The van der Waals surface area contributed by atoms with Crippen LogP contribution in [0.5, 0.6) is 0 Å². The number of rotatable bonds is 5. The van der Waals surface area contributed by atoms with Crippen LogP contribution in [0.4, 0.5) is 0 Å². The number of carboxylic acid groups (broad SMARTS) is 1. The number of aromatic carboxylic acids is 1. The first-order chi connectivity index (χ1) is 10.0. The van der Waals surface area contributed by atoms with Gasteiger partial charge in [0, 0.05) is 18.0 Å². The fourth-order valence-corrected chi connectivity index (χ4v) is 2.19. The Morgan fingerprint density at radius 2 is 1.77 bits per heavy atom. The highest BCUT2D eigenvalue weighted by Crippen LogP contribution is 2.24. The van der Waals surface area contributed by atoms with Gasteiger partial charge < -0.3 is 10.0 Å². The molecule has 1 unspecified atom stereocenters. The van der Waals surface area contributed by atoms with E-state index in [2.05, 4.69) is 13.8 Å². The van der Waals surface area contributed by atoms with E-state index in [1.54, 1.807) is 18.2 Å². The zero-order valence-electron chi connectivity index (χ0n) is 14.4. The monoisotopic (exact) mass is 305 g/mol. The predicted octanol–water partition coefficient (Wildman–Crippen LogP) is 3.80. The van der Waals surface area contributed by atoms with Gasteiger partial charge in [0.15, 0.2) is 0 Å². The first-order valence-corrected chi connectivity index (χ1v) is 7.67. The topological polar surface area (TPSA) is 57.6 Å². The van der Waals surface area contributed by atoms with Crippen LogP contribution >= 0.6 is 0 Å². The summed E-state index contributed by atoms with van der Waals surface area (Å²) in [6.45, 7) is 12.4. The second-order valence-electron chi connectivity index (χ2n) is 7.17. The second kappa shape index (κ2) is 6.95. The van der Waals surface area contributed by atoms with Crippen molar-refractivity contribution in [1.29, 1.82) is 0 Å². The van der Waals surface area contributed by atoms with Crippen LogP contribution in [-0.2, 0) is 11.3 Å². The third kappa shape index (κ3) is 4.58. The fourth-order valence-electron chi connectivity index (χ4n) is 2.19. The molecule has 0 aromatic heterocycles. The second-order valence-corrected chi connectivity index (χ2v) is 7.17. The molecule has 0 aliphatic carbocycles. The molecule has 1 rings (SSSR count). The van der Waals surface area contributed by atoms with Gasteiger partial charge >= 0.3 is 5.97 Å². The minimum atomic E-state index is -0.951. The quantitative estimate of drug-likeness (QED) is 0.900. The molecule has 0 aliphatic heterocycles. The van der Waals surface area contributed by atoms with Crippen LogP contribution in [0.25, 0.3) is 0 Å². The Kier molecular flexibility index (Phi) is 5.75. The number of hydrogen-bond donors (Lipinski definition) is 1. The van der Waals surface area contributed by atoms with Crippen LogP contribution < -0.4 is 0 Å².